The molecule has 2 saturated heterocycles. The molecule has 0 radical (unpaired) electrons. The quantitative estimate of drug-likeness (QED) is 0.811. The highest BCUT2D eigenvalue weighted by molar-refractivity contribution is 7.80. The van der Waals surface area contributed by atoms with Crippen molar-refractivity contribution in [1.29, 1.82) is 0 Å². The van der Waals surface area contributed by atoms with E-state index < -0.39 is 5.41 Å². The second-order valence-corrected chi connectivity index (χ2v) is 6.95. The second-order valence-electron chi connectivity index (χ2n) is 6.52. The van der Waals surface area contributed by atoms with Gasteiger partial charge in [0.1, 0.15) is 5.41 Å². The molecule has 0 aromatic heterocycles. The summed E-state index contributed by atoms with van der Waals surface area (Å²) in [7, 11) is 0. The molecular weight excluding hydrogens is 272 g/mol. The fourth-order valence-electron chi connectivity index (χ4n) is 3.19. The molecule has 2 fully saturated rings. The van der Waals surface area contributed by atoms with Gasteiger partial charge >= 0.3 is 0 Å². The Kier molecular flexibility index (Phi) is 4.69. The number of hydrogen-bond donors (Lipinski definition) is 1. The highest BCUT2D eigenvalue weighted by atomic mass is 32.1. The number of amides is 1. The number of carbonyl (C=O) groups excluding carboxylic acids is 1. The van der Waals surface area contributed by atoms with E-state index in [0.717, 1.165) is 25.9 Å². The van der Waals surface area contributed by atoms with Gasteiger partial charge in [-0.15, -0.1) is 0 Å². The molecule has 5 heteroatoms. The first kappa shape index (κ1) is 15.7. The minimum atomic E-state index is -0.659. The van der Waals surface area contributed by atoms with E-state index in [1.807, 2.05) is 4.90 Å². The van der Waals surface area contributed by atoms with Crippen molar-refractivity contribution in [2.75, 3.05) is 26.3 Å². The third-order valence-corrected chi connectivity index (χ3v) is 5.73. The Morgan fingerprint density at radius 2 is 1.80 bits per heavy atom. The molecule has 0 atom stereocenters. The summed E-state index contributed by atoms with van der Waals surface area (Å²) < 4.78 is 5.38. The minimum absolute atomic E-state index is 0.131. The van der Waals surface area contributed by atoms with Crippen LogP contribution in [-0.2, 0) is 9.53 Å². The zero-order valence-corrected chi connectivity index (χ0v) is 13.4. The van der Waals surface area contributed by atoms with Gasteiger partial charge in [-0.25, -0.2) is 0 Å². The van der Waals surface area contributed by atoms with Crippen LogP contribution in [0, 0.1) is 10.8 Å². The van der Waals surface area contributed by atoms with Crippen LogP contribution in [0.2, 0.25) is 0 Å². The maximum Gasteiger partial charge on any atom is 0.235 e. The highest BCUT2D eigenvalue weighted by Gasteiger charge is 2.46. The zero-order valence-electron chi connectivity index (χ0n) is 12.6. The lowest BCUT2D eigenvalue weighted by Gasteiger charge is -2.44. The summed E-state index contributed by atoms with van der Waals surface area (Å²) in [5.41, 5.74) is 5.64. The number of piperidine rings is 1. The van der Waals surface area contributed by atoms with Crippen LogP contribution in [0.4, 0.5) is 0 Å². The zero-order chi connectivity index (χ0) is 14.8. The van der Waals surface area contributed by atoms with Crippen molar-refractivity contribution < 1.29 is 9.53 Å². The smallest absolute Gasteiger partial charge is 0.235 e. The number of nitrogens with zero attached hydrogens (tertiary/aromatic N) is 1. The Morgan fingerprint density at radius 1 is 1.25 bits per heavy atom. The predicted octanol–water partition coefficient (Wildman–Crippen LogP) is 2.11. The molecule has 2 aliphatic heterocycles. The van der Waals surface area contributed by atoms with E-state index in [2.05, 4.69) is 13.8 Å². The lowest BCUT2D eigenvalue weighted by atomic mass is 9.75. The Balaban J connectivity index is 2.08. The number of rotatable bonds is 3. The average molecular weight is 298 g/mol. The molecule has 0 bridgehead atoms. The van der Waals surface area contributed by atoms with E-state index in [9.17, 15) is 4.79 Å². The van der Waals surface area contributed by atoms with Crippen molar-refractivity contribution in [2.45, 2.75) is 46.0 Å². The van der Waals surface area contributed by atoms with Crippen molar-refractivity contribution in [3.05, 3.63) is 0 Å². The first-order valence-electron chi connectivity index (χ1n) is 7.61. The maximum absolute atomic E-state index is 12.9. The summed E-state index contributed by atoms with van der Waals surface area (Å²) in [6, 6.07) is 0. The van der Waals surface area contributed by atoms with E-state index in [4.69, 9.17) is 22.7 Å². The molecule has 0 aliphatic carbocycles. The van der Waals surface area contributed by atoms with Crippen LogP contribution in [0.1, 0.15) is 46.0 Å². The molecular formula is C15H26N2O2S. The van der Waals surface area contributed by atoms with Crippen molar-refractivity contribution in [1.82, 2.24) is 4.90 Å². The third kappa shape index (κ3) is 2.84. The van der Waals surface area contributed by atoms with Gasteiger partial charge in [-0.05, 0) is 31.1 Å². The number of likely N-dealkylation sites (tertiary alicyclic amines) is 1. The number of hydrogen-bond acceptors (Lipinski definition) is 3. The van der Waals surface area contributed by atoms with E-state index in [1.165, 1.54) is 6.42 Å². The van der Waals surface area contributed by atoms with Crippen molar-refractivity contribution >= 4 is 23.1 Å². The second kappa shape index (κ2) is 5.98. The molecule has 0 spiro atoms. The minimum Gasteiger partial charge on any atom is -0.392 e. The van der Waals surface area contributed by atoms with Gasteiger partial charge in [0.15, 0.2) is 0 Å². The predicted molar refractivity (Wildman–Crippen MR) is 83.5 cm³/mol. The van der Waals surface area contributed by atoms with Crippen LogP contribution in [0.3, 0.4) is 0 Å². The molecule has 2 aliphatic rings. The molecule has 1 amide bonds. The largest absolute Gasteiger partial charge is 0.392 e. The molecule has 2 heterocycles. The topological polar surface area (TPSA) is 55.6 Å². The fraction of sp³-hybridized carbons (Fsp3) is 0.867. The van der Waals surface area contributed by atoms with Crippen LogP contribution in [0.5, 0.6) is 0 Å². The van der Waals surface area contributed by atoms with Gasteiger partial charge in [0, 0.05) is 26.3 Å². The molecule has 0 aromatic rings. The van der Waals surface area contributed by atoms with E-state index >= 15 is 0 Å². The third-order valence-electron chi connectivity index (χ3n) is 5.34. The van der Waals surface area contributed by atoms with E-state index in [-0.39, 0.29) is 5.91 Å². The first-order valence-corrected chi connectivity index (χ1v) is 8.01. The van der Waals surface area contributed by atoms with Gasteiger partial charge in [0.05, 0.1) is 4.99 Å². The molecule has 0 aromatic carbocycles. The standard InChI is InChI=1S/C15H26N2O2S/c1-3-14(2)4-8-17(9-5-14)13(18)15(12(16)20)6-10-19-11-7-15/h3-11H2,1-2H3,(H2,16,20). The van der Waals surface area contributed by atoms with Gasteiger partial charge in [-0.3, -0.25) is 4.79 Å². The summed E-state index contributed by atoms with van der Waals surface area (Å²) in [6.45, 7) is 7.34. The van der Waals surface area contributed by atoms with Gasteiger partial charge in [0.25, 0.3) is 0 Å². The normalized spacial score (nSPS) is 25.2. The molecule has 4 nitrogen and oxygen atoms in total. The van der Waals surface area contributed by atoms with Gasteiger partial charge in [0.2, 0.25) is 5.91 Å². The summed E-state index contributed by atoms with van der Waals surface area (Å²) in [6.07, 6.45) is 4.56. The van der Waals surface area contributed by atoms with Gasteiger partial charge in [-0.1, -0.05) is 32.5 Å². The SMILES string of the molecule is CCC1(C)CCN(C(=O)C2(C(N)=S)CCOCC2)CC1. The number of carbonyl (C=O) groups is 1. The average Bonchev–Trinajstić information content (AvgIpc) is 2.48. The molecule has 0 unspecified atom stereocenters. The van der Waals surface area contributed by atoms with Crippen molar-refractivity contribution in [2.24, 2.45) is 16.6 Å². The number of thiocarbonyl (C=S) groups is 1. The lowest BCUT2D eigenvalue weighted by molar-refractivity contribution is -0.144. The number of nitrogens with two attached hydrogens (primary N) is 1. The van der Waals surface area contributed by atoms with Crippen LogP contribution in [0.15, 0.2) is 0 Å². The van der Waals surface area contributed by atoms with E-state index in [1.54, 1.807) is 0 Å². The first-order chi connectivity index (χ1) is 9.43. The van der Waals surface area contributed by atoms with Crippen LogP contribution in [-0.4, -0.2) is 42.1 Å². The van der Waals surface area contributed by atoms with Gasteiger partial charge < -0.3 is 15.4 Å². The molecule has 2 N–H and O–H groups in total. The van der Waals surface area contributed by atoms with Crippen LogP contribution in [0.25, 0.3) is 0 Å². The maximum atomic E-state index is 12.9. The molecule has 0 saturated carbocycles. The lowest BCUT2D eigenvalue weighted by Crippen LogP contribution is -2.55. The Hall–Kier alpha value is -0.680. The Bertz CT molecular complexity index is 383. The summed E-state index contributed by atoms with van der Waals surface area (Å²) in [5.74, 6) is 0.131. The Labute approximate surface area is 127 Å². The summed E-state index contributed by atoms with van der Waals surface area (Å²) in [4.78, 5) is 15.2. The van der Waals surface area contributed by atoms with Gasteiger partial charge in [-0.2, -0.15) is 0 Å². The van der Waals surface area contributed by atoms with Crippen molar-refractivity contribution in [3.63, 3.8) is 0 Å². The summed E-state index contributed by atoms with van der Waals surface area (Å²) >= 11 is 5.22. The molecule has 114 valence electrons. The van der Waals surface area contributed by atoms with E-state index in [0.29, 0.717) is 36.5 Å². The monoisotopic (exact) mass is 298 g/mol. The van der Waals surface area contributed by atoms with Crippen LogP contribution < -0.4 is 5.73 Å². The highest BCUT2D eigenvalue weighted by Crippen LogP contribution is 2.38. The van der Waals surface area contributed by atoms with Crippen molar-refractivity contribution in [3.8, 4) is 0 Å². The molecule has 2 rings (SSSR count). The van der Waals surface area contributed by atoms with Crippen LogP contribution >= 0.6 is 12.2 Å². The summed E-state index contributed by atoms with van der Waals surface area (Å²) in [5, 5.41) is 0. The Morgan fingerprint density at radius 3 is 2.25 bits per heavy atom. The molecule has 20 heavy (non-hydrogen) atoms. The fourth-order valence-corrected chi connectivity index (χ4v) is 3.48. The number of ether oxygens (including phenoxy) is 1.